The van der Waals surface area contributed by atoms with Crippen molar-refractivity contribution in [2.75, 3.05) is 0 Å². The molecule has 0 N–H and O–H groups in total. The third-order valence-corrected chi connectivity index (χ3v) is 2.18. The number of hydrogen-bond donors (Lipinski definition) is 0. The number of hydrogen-bond acceptors (Lipinski definition) is 1. The molecule has 74 valence electrons. The molecule has 0 amide bonds. The zero-order valence-electron chi connectivity index (χ0n) is 10.3. The summed E-state index contributed by atoms with van der Waals surface area (Å²) in [6.45, 7) is 2.24. The second-order valence-electron chi connectivity index (χ2n) is 3.43. The van der Waals surface area contributed by atoms with Gasteiger partial charge in [-0.1, -0.05) is 51.9 Å². The van der Waals surface area contributed by atoms with E-state index in [1.54, 1.807) is 0 Å². The fourth-order valence-corrected chi connectivity index (χ4v) is 1.36. The molecule has 0 aliphatic heterocycles. The molecule has 0 aliphatic rings. The Kier molecular flexibility index (Phi) is 18.8. The molecule has 0 aromatic rings. The van der Waals surface area contributed by atoms with Gasteiger partial charge in [0.2, 0.25) is 0 Å². The van der Waals surface area contributed by atoms with Crippen LogP contribution in [0.15, 0.2) is 0 Å². The Balaban J connectivity index is -0.000000605. The second kappa shape index (κ2) is 15.2. The molecule has 0 aliphatic carbocycles. The van der Waals surface area contributed by atoms with Crippen molar-refractivity contribution >= 4 is 6.29 Å². The molecule has 0 rings (SSSR count). The van der Waals surface area contributed by atoms with Crippen molar-refractivity contribution < 1.29 is 35.8 Å². The van der Waals surface area contributed by atoms with Crippen LogP contribution in [0.2, 0.25) is 0 Å². The van der Waals surface area contributed by atoms with Gasteiger partial charge in [0.25, 0.3) is 0 Å². The van der Waals surface area contributed by atoms with Crippen LogP contribution >= 0.6 is 0 Å². The summed E-state index contributed by atoms with van der Waals surface area (Å²) in [5.41, 5.74) is 0. The summed E-state index contributed by atoms with van der Waals surface area (Å²) in [4.78, 5) is 9.98. The van der Waals surface area contributed by atoms with Crippen LogP contribution in [0.5, 0.6) is 0 Å². The number of aldehydes is 1. The van der Waals surface area contributed by atoms with Crippen LogP contribution in [0.4, 0.5) is 0 Å². The zero-order chi connectivity index (χ0) is 9.07. The first-order valence-electron chi connectivity index (χ1n) is 5.35. The van der Waals surface area contributed by atoms with Gasteiger partial charge in [0.05, 0.1) is 0 Å². The van der Waals surface area contributed by atoms with Crippen molar-refractivity contribution in [3.63, 3.8) is 0 Å². The normalized spacial score (nSPS) is 9.31. The van der Waals surface area contributed by atoms with Crippen LogP contribution < -0.4 is 29.6 Å². The first-order valence-corrected chi connectivity index (χ1v) is 5.35. The van der Waals surface area contributed by atoms with Gasteiger partial charge in [-0.2, -0.15) is 0 Å². The van der Waals surface area contributed by atoms with Crippen LogP contribution in [0, 0.1) is 0 Å². The number of carbonyl (C=O) groups excluding carboxylic acids is 1. The maximum atomic E-state index is 9.98. The Hall–Kier alpha value is 0.670. The van der Waals surface area contributed by atoms with Gasteiger partial charge in [-0.05, 0) is 6.42 Å². The van der Waals surface area contributed by atoms with Crippen molar-refractivity contribution in [2.24, 2.45) is 0 Å². The summed E-state index contributed by atoms with van der Waals surface area (Å²) in [6, 6.07) is 0. The summed E-state index contributed by atoms with van der Waals surface area (Å²) in [5.74, 6) is 0. The Bertz CT molecular complexity index is 99.3. The van der Waals surface area contributed by atoms with Gasteiger partial charge in [-0.15, -0.1) is 0 Å². The summed E-state index contributed by atoms with van der Waals surface area (Å²) >= 11 is 0. The van der Waals surface area contributed by atoms with E-state index in [0.717, 1.165) is 19.1 Å². The predicted octanol–water partition coefficient (Wildman–Crippen LogP) is 0.833. The van der Waals surface area contributed by atoms with Crippen LogP contribution in [0.25, 0.3) is 0 Å². The number of carbonyl (C=O) groups is 1. The van der Waals surface area contributed by atoms with E-state index in [-0.39, 0.29) is 31.0 Å². The van der Waals surface area contributed by atoms with Crippen molar-refractivity contribution in [2.45, 2.75) is 64.7 Å². The van der Waals surface area contributed by atoms with E-state index < -0.39 is 0 Å². The van der Waals surface area contributed by atoms with Crippen molar-refractivity contribution in [1.82, 2.24) is 0 Å². The monoisotopic (exact) mass is 194 g/mol. The third kappa shape index (κ3) is 15.4. The summed E-state index contributed by atoms with van der Waals surface area (Å²) in [7, 11) is 0. The molecule has 0 aromatic heterocycles. The van der Waals surface area contributed by atoms with Crippen molar-refractivity contribution in [1.29, 1.82) is 0 Å². The largest absolute Gasteiger partial charge is 1.00 e. The van der Waals surface area contributed by atoms with E-state index in [2.05, 4.69) is 6.92 Å². The fraction of sp³-hybridized carbons (Fsp3) is 0.909. The van der Waals surface area contributed by atoms with E-state index in [4.69, 9.17) is 0 Å². The van der Waals surface area contributed by atoms with Crippen LogP contribution in [-0.4, -0.2) is 6.29 Å². The van der Waals surface area contributed by atoms with E-state index in [1.165, 1.54) is 44.9 Å². The topological polar surface area (TPSA) is 17.1 Å². The van der Waals surface area contributed by atoms with Gasteiger partial charge < -0.3 is 6.22 Å². The molecule has 0 atom stereocenters. The van der Waals surface area contributed by atoms with Crippen LogP contribution in [0.1, 0.15) is 66.1 Å². The summed E-state index contributed by atoms with van der Waals surface area (Å²) < 4.78 is 0. The maximum Gasteiger partial charge on any atom is 1.00 e. The molecule has 13 heavy (non-hydrogen) atoms. The predicted molar refractivity (Wildman–Crippen MR) is 54.4 cm³/mol. The molecule has 0 bridgehead atoms. The maximum absolute atomic E-state index is 9.98. The van der Waals surface area contributed by atoms with E-state index >= 15 is 0 Å². The summed E-state index contributed by atoms with van der Waals surface area (Å²) in [6.07, 6.45) is 12.3. The van der Waals surface area contributed by atoms with Gasteiger partial charge in [-0.25, -0.2) is 0 Å². The minimum Gasteiger partial charge on any atom is -1.00 e. The Morgan fingerprint density at radius 2 is 1.38 bits per heavy atom. The molecule has 1 nitrogen and oxygen atoms in total. The molecular weight excluding hydrogens is 171 g/mol. The summed E-state index contributed by atoms with van der Waals surface area (Å²) in [5, 5.41) is 0. The second-order valence-corrected chi connectivity index (χ2v) is 3.43. The quantitative estimate of drug-likeness (QED) is 0.302. The molecule has 0 saturated carbocycles. The molecule has 0 heterocycles. The number of unbranched alkanes of at least 4 members (excludes halogenated alkanes) is 8. The molecule has 0 radical (unpaired) electrons. The van der Waals surface area contributed by atoms with Crippen LogP contribution in [0.3, 0.4) is 0 Å². The molecular formula is C11H23NaO. The van der Waals surface area contributed by atoms with Gasteiger partial charge in [0, 0.05) is 6.42 Å². The zero-order valence-corrected chi connectivity index (χ0v) is 11.3. The Morgan fingerprint density at radius 3 is 1.85 bits per heavy atom. The molecule has 0 saturated heterocycles. The molecule has 2 heteroatoms. The van der Waals surface area contributed by atoms with Gasteiger partial charge >= 0.3 is 29.6 Å². The molecule has 0 aromatic carbocycles. The molecule has 0 spiro atoms. The smallest absolute Gasteiger partial charge is 1.00 e. The first kappa shape index (κ1) is 16.1. The Morgan fingerprint density at radius 1 is 0.923 bits per heavy atom. The van der Waals surface area contributed by atoms with E-state index in [0.29, 0.717) is 0 Å². The average molecular weight is 194 g/mol. The van der Waals surface area contributed by atoms with Gasteiger partial charge in [0.1, 0.15) is 6.29 Å². The van der Waals surface area contributed by atoms with Gasteiger partial charge in [-0.3, -0.25) is 0 Å². The van der Waals surface area contributed by atoms with Crippen LogP contribution in [-0.2, 0) is 4.79 Å². The average Bonchev–Trinajstić information content (AvgIpc) is 2.10. The molecule has 0 unspecified atom stereocenters. The van der Waals surface area contributed by atoms with Crippen molar-refractivity contribution in [3.8, 4) is 0 Å². The van der Waals surface area contributed by atoms with E-state index in [9.17, 15) is 4.79 Å². The minimum atomic E-state index is 0. The third-order valence-electron chi connectivity index (χ3n) is 2.18. The first-order chi connectivity index (χ1) is 5.91. The number of rotatable bonds is 9. The van der Waals surface area contributed by atoms with Gasteiger partial charge in [0.15, 0.2) is 0 Å². The van der Waals surface area contributed by atoms with E-state index in [1.807, 2.05) is 0 Å². The molecule has 0 fully saturated rings. The SMILES string of the molecule is CCCCCCCCCCC=O.[H-].[Na+]. The van der Waals surface area contributed by atoms with Crippen molar-refractivity contribution in [3.05, 3.63) is 0 Å². The standard InChI is InChI=1S/C11H22O.Na.H/c1-2-3-4-5-6-7-8-9-10-11-12;;/h11H,2-10H2,1H3;;/q;+1;-1. The minimum absolute atomic E-state index is 0. The fourth-order valence-electron chi connectivity index (χ4n) is 1.36. The Labute approximate surface area is 106 Å².